The summed E-state index contributed by atoms with van der Waals surface area (Å²) in [6.07, 6.45) is 18.3. The van der Waals surface area contributed by atoms with Gasteiger partial charge in [0.25, 0.3) is 0 Å². The highest BCUT2D eigenvalue weighted by atomic mass is 79.9. The Morgan fingerprint density at radius 3 is 1.05 bits per heavy atom. The number of hydrogen-bond donors (Lipinski definition) is 0. The first-order valence-corrected chi connectivity index (χ1v) is 32.2. The summed E-state index contributed by atoms with van der Waals surface area (Å²) in [5.41, 5.74) is 29.7. The van der Waals surface area contributed by atoms with Crippen molar-refractivity contribution >= 4 is 66.5 Å². The first-order chi connectivity index (χ1) is 38.8. The number of nitrogens with zero attached hydrogens (tertiary/aromatic N) is 4. The van der Waals surface area contributed by atoms with Gasteiger partial charge >= 0.3 is 11.9 Å². The quantitative estimate of drug-likeness (QED) is 0.139. The maximum absolute atomic E-state index is 13.8. The number of aryl methyl sites for hydroxylation is 4. The molecule has 10 heteroatoms. The highest BCUT2D eigenvalue weighted by molar-refractivity contribution is 9.10. The summed E-state index contributed by atoms with van der Waals surface area (Å²) in [6.45, 7) is 19.1. The molecule has 0 fully saturated rings. The molecule has 10 heterocycles. The average Bonchev–Trinajstić information content (AvgIpc) is 2.11. The van der Waals surface area contributed by atoms with Crippen LogP contribution in [-0.4, -0.2) is 64.3 Å². The van der Waals surface area contributed by atoms with E-state index in [-0.39, 0.29) is 22.8 Å². The molecular formula is C70H70Br2N4O4. The van der Waals surface area contributed by atoms with E-state index < -0.39 is 11.2 Å². The van der Waals surface area contributed by atoms with Crippen LogP contribution >= 0.6 is 31.9 Å². The molecule has 80 heavy (non-hydrogen) atoms. The van der Waals surface area contributed by atoms with Crippen LogP contribution < -0.4 is 19.6 Å². The first-order valence-electron chi connectivity index (χ1n) is 30.6. The Labute approximate surface area is 487 Å². The summed E-state index contributed by atoms with van der Waals surface area (Å²) in [6, 6.07) is 22.2. The van der Waals surface area contributed by atoms with E-state index in [0.29, 0.717) is 11.1 Å². The van der Waals surface area contributed by atoms with E-state index in [4.69, 9.17) is 9.47 Å². The van der Waals surface area contributed by atoms with Gasteiger partial charge in [-0.2, -0.15) is 0 Å². The van der Waals surface area contributed by atoms with Crippen LogP contribution in [0.15, 0.2) is 69.6 Å². The minimum Gasteiger partial charge on any atom is -0.441 e. The van der Waals surface area contributed by atoms with Gasteiger partial charge in [-0.15, -0.1) is 0 Å². The lowest BCUT2D eigenvalue weighted by molar-refractivity contribution is 0.0221. The number of rotatable bonds is 0. The number of halogens is 2. The molecule has 0 amide bonds. The third-order valence-corrected chi connectivity index (χ3v) is 22.8. The molecule has 0 radical (unpaired) electrons. The summed E-state index contributed by atoms with van der Waals surface area (Å²) in [5, 5.41) is 0. The Morgan fingerprint density at radius 1 is 0.362 bits per heavy atom. The van der Waals surface area contributed by atoms with E-state index in [1.165, 1.54) is 163 Å². The van der Waals surface area contributed by atoms with Gasteiger partial charge in [0.05, 0.1) is 11.1 Å². The van der Waals surface area contributed by atoms with Gasteiger partial charge in [0, 0.05) is 128 Å². The fourth-order valence-corrected chi connectivity index (χ4v) is 19.9. The normalized spacial score (nSPS) is 22.2. The number of carbonyl (C=O) groups excluding carboxylic acids is 2. The van der Waals surface area contributed by atoms with Crippen LogP contribution in [0, 0.1) is 0 Å². The number of benzene rings is 6. The van der Waals surface area contributed by atoms with Crippen molar-refractivity contribution in [3.05, 3.63) is 181 Å². The van der Waals surface area contributed by atoms with Crippen LogP contribution in [0.5, 0.6) is 0 Å². The van der Waals surface area contributed by atoms with Gasteiger partial charge in [-0.1, -0.05) is 65.6 Å². The maximum Gasteiger partial charge on any atom is 0.340 e. The topological polar surface area (TPSA) is 65.6 Å². The second kappa shape index (κ2) is 17.0. The van der Waals surface area contributed by atoms with Gasteiger partial charge in [0.2, 0.25) is 0 Å². The average molecular weight is 1190 g/mol. The van der Waals surface area contributed by atoms with Crippen LogP contribution in [-0.2, 0) is 82.9 Å². The lowest BCUT2D eigenvalue weighted by atomic mass is 9.57. The Kier molecular flexibility index (Phi) is 10.4. The molecule has 0 atom stereocenters. The molecule has 8 nitrogen and oxygen atoms in total. The smallest absolute Gasteiger partial charge is 0.340 e. The fourth-order valence-electron chi connectivity index (χ4n) is 19.2. The monoisotopic (exact) mass is 1190 g/mol. The highest BCUT2D eigenvalue weighted by Crippen LogP contribution is 2.65. The van der Waals surface area contributed by atoms with Crippen molar-refractivity contribution in [2.24, 2.45) is 0 Å². The van der Waals surface area contributed by atoms with Crippen LogP contribution in [0.3, 0.4) is 0 Å². The molecular weight excluding hydrogens is 1120 g/mol. The van der Waals surface area contributed by atoms with Crippen LogP contribution in [0.4, 0.5) is 22.7 Å². The van der Waals surface area contributed by atoms with E-state index in [0.717, 1.165) is 124 Å². The number of carbonyl (C=O) groups is 2. The fraction of sp³-hybridized carbons (Fsp3) is 0.457. The van der Waals surface area contributed by atoms with Crippen molar-refractivity contribution in [3.8, 4) is 0 Å². The molecule has 10 aliphatic heterocycles. The second-order valence-corrected chi connectivity index (χ2v) is 28.5. The number of hydrogen-bond acceptors (Lipinski definition) is 8. The molecule has 408 valence electrons. The van der Waals surface area contributed by atoms with Gasteiger partial charge in [-0.05, 0) is 224 Å². The van der Waals surface area contributed by atoms with E-state index in [2.05, 4.69) is 122 Å². The van der Waals surface area contributed by atoms with E-state index >= 15 is 0 Å². The first kappa shape index (κ1) is 49.1. The van der Waals surface area contributed by atoms with Gasteiger partial charge < -0.3 is 29.1 Å². The summed E-state index contributed by atoms with van der Waals surface area (Å²) in [7, 11) is 0. The molecule has 2 spiro atoms. The maximum atomic E-state index is 13.8. The molecule has 0 unspecified atom stereocenters. The van der Waals surface area contributed by atoms with Gasteiger partial charge in [0.15, 0.2) is 11.2 Å². The molecule has 0 N–H and O–H groups in total. The number of fused-ring (bicyclic) bond motifs is 16. The Hall–Kier alpha value is -5.58. The third-order valence-electron chi connectivity index (χ3n) is 21.8. The van der Waals surface area contributed by atoms with Crippen molar-refractivity contribution in [2.75, 3.05) is 72.0 Å². The molecule has 18 rings (SSSR count). The minimum absolute atomic E-state index is 0.184. The Balaban J connectivity index is 0.000000128. The van der Waals surface area contributed by atoms with E-state index in [1.807, 2.05) is 18.2 Å². The van der Waals surface area contributed by atoms with Crippen molar-refractivity contribution in [1.82, 2.24) is 0 Å². The molecule has 6 aromatic rings. The van der Waals surface area contributed by atoms with Crippen LogP contribution in [0.2, 0.25) is 0 Å². The molecule has 0 aromatic heterocycles. The zero-order valence-electron chi connectivity index (χ0n) is 46.9. The molecule has 0 saturated heterocycles. The van der Waals surface area contributed by atoms with Crippen LogP contribution in [0.1, 0.15) is 200 Å². The third kappa shape index (κ3) is 6.29. The van der Waals surface area contributed by atoms with E-state index in [1.54, 1.807) is 0 Å². The largest absolute Gasteiger partial charge is 0.441 e. The summed E-state index contributed by atoms with van der Waals surface area (Å²) < 4.78 is 15.6. The van der Waals surface area contributed by atoms with Crippen molar-refractivity contribution in [2.45, 2.75) is 152 Å². The van der Waals surface area contributed by atoms with Crippen molar-refractivity contribution in [3.63, 3.8) is 0 Å². The van der Waals surface area contributed by atoms with Gasteiger partial charge in [0.1, 0.15) is 0 Å². The Morgan fingerprint density at radius 2 is 0.675 bits per heavy atom. The van der Waals surface area contributed by atoms with Crippen molar-refractivity contribution in [1.29, 1.82) is 0 Å². The van der Waals surface area contributed by atoms with Crippen molar-refractivity contribution < 1.29 is 19.1 Å². The molecule has 12 aliphatic rings. The summed E-state index contributed by atoms with van der Waals surface area (Å²) in [4.78, 5) is 38.2. The number of anilines is 4. The van der Waals surface area contributed by atoms with Gasteiger partial charge in [-0.3, -0.25) is 0 Å². The predicted octanol–water partition coefficient (Wildman–Crippen LogP) is 13.9. The standard InChI is InChI=1S/2C35H35BrN2O2/c1-34(2)29-24-9-5-15-37-13-3-7-20(31(24)37)17-27(29)35(26-19-22(36)11-12-23(26)33(39)40-35)28-18-21-8-4-14-38-16-6-10-25(30(28)34)32(21)38;1-34(2)29-23-9-5-15-37-13-3-7-20(31(23)37)17-27(29)35(26-12-11-22(36)19-25(26)33(39)40-35)28-18-21-8-4-14-38-16-6-10-24(30(28)34)32(21)38/h2*11-12,17-19H,3-10,13-16H2,1-2H3. The second-order valence-electron chi connectivity index (χ2n) is 26.7. The lowest BCUT2D eigenvalue weighted by Gasteiger charge is -2.51. The summed E-state index contributed by atoms with van der Waals surface area (Å²) in [5.74, 6) is -0.394. The summed E-state index contributed by atoms with van der Waals surface area (Å²) >= 11 is 7.41. The highest BCUT2D eigenvalue weighted by Gasteiger charge is 2.60. The minimum atomic E-state index is -0.910. The molecule has 6 aromatic carbocycles. The van der Waals surface area contributed by atoms with Crippen LogP contribution in [0.25, 0.3) is 0 Å². The number of esters is 2. The zero-order chi connectivity index (χ0) is 53.9. The molecule has 2 aliphatic carbocycles. The van der Waals surface area contributed by atoms with Gasteiger partial charge in [-0.25, -0.2) is 9.59 Å². The van der Waals surface area contributed by atoms with E-state index in [9.17, 15) is 9.59 Å². The predicted molar refractivity (Wildman–Crippen MR) is 324 cm³/mol. The zero-order valence-corrected chi connectivity index (χ0v) is 50.1. The molecule has 0 bridgehead atoms. The SMILES string of the molecule is CC1(C)c2c(cc3c4c2CCCN4CCC3)C2(OC(=O)c3cc(Br)ccc32)c2cc3c4c(c21)CCCN4CCC3.CC1(C)c2c(cc3c4c2CCCN4CCC3)C2(OC(=O)c3ccc(Br)cc32)c2cc3c4c(c21)CCCN4CCC3. The lowest BCUT2D eigenvalue weighted by Crippen LogP contribution is -2.46. The molecule has 0 saturated carbocycles. The number of ether oxygens (including phenoxy) is 2. The Bertz CT molecular complexity index is 3660.